The molecule has 18 heavy (non-hydrogen) atoms. The lowest BCUT2D eigenvalue weighted by molar-refractivity contribution is -0.917. The van der Waals surface area contributed by atoms with Crippen molar-refractivity contribution in [2.75, 3.05) is 32.3 Å². The van der Waals surface area contributed by atoms with Crippen LogP contribution < -0.4 is 0 Å². The number of unbranched alkanes of at least 4 members (excludes halogenated alkanes) is 1. The fourth-order valence-electron chi connectivity index (χ4n) is 2.20. The summed E-state index contributed by atoms with van der Waals surface area (Å²) in [6.07, 6.45) is 6.50. The minimum Gasteiger partial charge on any atom is -0.324 e. The van der Waals surface area contributed by atoms with Gasteiger partial charge in [-0.25, -0.2) is 0 Å². The van der Waals surface area contributed by atoms with Crippen molar-refractivity contribution in [1.82, 2.24) is 0 Å². The number of hydrogen-bond acceptors (Lipinski definition) is 1. The number of hydrogen-bond donors (Lipinski definition) is 2. The Bertz CT molecular complexity index is 289. The SMILES string of the molecule is C=CC[N+](CC=C)(CCCC)CCCP(=O)(O)O. The zero-order chi connectivity index (χ0) is 14.1. The van der Waals surface area contributed by atoms with Crippen LogP contribution in [0, 0.1) is 0 Å². The predicted octanol–water partition coefficient (Wildman–Crippen LogP) is 2.54. The van der Waals surface area contributed by atoms with Gasteiger partial charge in [0, 0.05) is 6.42 Å². The van der Waals surface area contributed by atoms with Gasteiger partial charge in [-0.2, -0.15) is 0 Å². The molecule has 0 rings (SSSR count). The Hall–Kier alpha value is -0.410. The van der Waals surface area contributed by atoms with E-state index in [1.54, 1.807) is 0 Å². The lowest BCUT2D eigenvalue weighted by atomic mass is 10.2. The van der Waals surface area contributed by atoms with Gasteiger partial charge in [0.05, 0.1) is 32.3 Å². The minimum atomic E-state index is -3.88. The summed E-state index contributed by atoms with van der Waals surface area (Å²) in [6.45, 7) is 13.2. The molecule has 0 heterocycles. The van der Waals surface area contributed by atoms with Crippen LogP contribution in [0.5, 0.6) is 0 Å². The molecule has 0 saturated carbocycles. The zero-order valence-corrected chi connectivity index (χ0v) is 12.3. The van der Waals surface area contributed by atoms with Crippen molar-refractivity contribution >= 4 is 7.60 Å². The van der Waals surface area contributed by atoms with Crippen molar-refractivity contribution in [1.29, 1.82) is 0 Å². The van der Waals surface area contributed by atoms with Crippen molar-refractivity contribution in [3.8, 4) is 0 Å². The summed E-state index contributed by atoms with van der Waals surface area (Å²) in [5, 5.41) is 0. The maximum atomic E-state index is 10.9. The second kappa shape index (κ2) is 8.65. The third-order valence-corrected chi connectivity index (χ3v) is 4.00. The second-order valence-corrected chi connectivity index (χ2v) is 6.60. The highest BCUT2D eigenvalue weighted by molar-refractivity contribution is 7.51. The van der Waals surface area contributed by atoms with Crippen LogP contribution in [0.2, 0.25) is 0 Å². The van der Waals surface area contributed by atoms with Gasteiger partial charge in [0.15, 0.2) is 0 Å². The van der Waals surface area contributed by atoms with Gasteiger partial charge < -0.3 is 14.3 Å². The van der Waals surface area contributed by atoms with E-state index in [-0.39, 0.29) is 6.16 Å². The maximum absolute atomic E-state index is 10.9. The van der Waals surface area contributed by atoms with Crippen LogP contribution in [0.4, 0.5) is 0 Å². The topological polar surface area (TPSA) is 57.5 Å². The minimum absolute atomic E-state index is 0.0343. The van der Waals surface area contributed by atoms with Crippen LogP contribution >= 0.6 is 7.60 Å². The first-order chi connectivity index (χ1) is 8.39. The molecule has 0 aliphatic rings. The van der Waals surface area contributed by atoms with Gasteiger partial charge in [-0.15, -0.1) is 0 Å². The summed E-state index contributed by atoms with van der Waals surface area (Å²) in [7, 11) is -3.88. The molecule has 0 bridgehead atoms. The van der Waals surface area contributed by atoms with E-state index in [1.807, 2.05) is 12.2 Å². The van der Waals surface area contributed by atoms with Gasteiger partial charge in [0.1, 0.15) is 0 Å². The summed E-state index contributed by atoms with van der Waals surface area (Å²) >= 11 is 0. The largest absolute Gasteiger partial charge is 0.325 e. The van der Waals surface area contributed by atoms with Crippen molar-refractivity contribution < 1.29 is 18.8 Å². The van der Waals surface area contributed by atoms with E-state index >= 15 is 0 Å². The molecule has 0 spiro atoms. The third-order valence-electron chi connectivity index (χ3n) is 3.10. The fraction of sp³-hybridized carbons (Fsp3) is 0.692. The highest BCUT2D eigenvalue weighted by Gasteiger charge is 2.25. The van der Waals surface area contributed by atoms with Crippen LogP contribution in [0.3, 0.4) is 0 Å². The van der Waals surface area contributed by atoms with Gasteiger partial charge in [-0.3, -0.25) is 4.57 Å². The van der Waals surface area contributed by atoms with E-state index in [0.717, 1.165) is 43.5 Å². The van der Waals surface area contributed by atoms with Crippen molar-refractivity contribution in [2.24, 2.45) is 0 Å². The maximum Gasteiger partial charge on any atom is 0.325 e. The second-order valence-electron chi connectivity index (χ2n) is 4.83. The molecule has 0 fully saturated rings. The molecular formula is C13H27NO3P+. The normalized spacial score (nSPS) is 12.4. The molecule has 2 N–H and O–H groups in total. The van der Waals surface area contributed by atoms with Crippen molar-refractivity contribution in [3.63, 3.8) is 0 Å². The standard InChI is InChI=1S/C13H26NO3P/c1-4-7-11-14(9-5-2,10-6-3)12-8-13-18(15,16)17/h5-6H,2-4,7-13H2,1H3,(H-,15,16,17)/p+1. The van der Waals surface area contributed by atoms with Crippen LogP contribution in [0.15, 0.2) is 25.3 Å². The Morgan fingerprint density at radius 3 is 2.00 bits per heavy atom. The summed E-state index contributed by atoms with van der Waals surface area (Å²) in [6, 6.07) is 0. The number of quaternary nitrogens is 1. The number of rotatable bonds is 11. The van der Waals surface area contributed by atoms with Gasteiger partial charge >= 0.3 is 7.60 Å². The molecule has 0 aromatic heterocycles. The van der Waals surface area contributed by atoms with Crippen LogP contribution in [0.1, 0.15) is 26.2 Å². The van der Waals surface area contributed by atoms with Gasteiger partial charge in [0.2, 0.25) is 0 Å². The van der Waals surface area contributed by atoms with Crippen LogP contribution in [-0.2, 0) is 4.57 Å². The predicted molar refractivity (Wildman–Crippen MR) is 76.6 cm³/mol. The van der Waals surface area contributed by atoms with E-state index in [4.69, 9.17) is 9.79 Å². The molecule has 0 aliphatic heterocycles. The highest BCUT2D eigenvalue weighted by atomic mass is 31.2. The summed E-state index contributed by atoms with van der Waals surface area (Å²) in [5.74, 6) is 0. The average Bonchev–Trinajstić information content (AvgIpc) is 2.25. The molecule has 4 nitrogen and oxygen atoms in total. The molecule has 0 aliphatic carbocycles. The average molecular weight is 276 g/mol. The molecule has 0 aromatic rings. The summed E-state index contributed by atoms with van der Waals surface area (Å²) in [5.41, 5.74) is 0. The smallest absolute Gasteiger partial charge is 0.324 e. The number of nitrogens with zero attached hydrogens (tertiary/aromatic N) is 1. The Morgan fingerprint density at radius 2 is 1.61 bits per heavy atom. The first-order valence-corrected chi connectivity index (χ1v) is 8.30. The molecule has 0 amide bonds. The van der Waals surface area contributed by atoms with Crippen molar-refractivity contribution in [3.05, 3.63) is 25.3 Å². The van der Waals surface area contributed by atoms with E-state index in [9.17, 15) is 4.57 Å². The van der Waals surface area contributed by atoms with E-state index in [2.05, 4.69) is 20.1 Å². The molecule has 0 saturated heterocycles. The zero-order valence-electron chi connectivity index (χ0n) is 11.4. The lowest BCUT2D eigenvalue weighted by Gasteiger charge is -2.37. The van der Waals surface area contributed by atoms with Crippen molar-refractivity contribution in [2.45, 2.75) is 26.2 Å². The Balaban J connectivity index is 4.54. The summed E-state index contributed by atoms with van der Waals surface area (Å²) < 4.78 is 11.7. The molecule has 0 aromatic carbocycles. The van der Waals surface area contributed by atoms with Gasteiger partial charge in [0.25, 0.3) is 0 Å². The Kier molecular flexibility index (Phi) is 8.45. The Labute approximate surface area is 111 Å². The van der Waals surface area contributed by atoms with E-state index in [0.29, 0.717) is 6.42 Å². The van der Waals surface area contributed by atoms with E-state index < -0.39 is 7.60 Å². The fourth-order valence-corrected chi connectivity index (χ4v) is 2.76. The molecule has 106 valence electrons. The summed E-state index contributed by atoms with van der Waals surface area (Å²) in [4.78, 5) is 17.8. The van der Waals surface area contributed by atoms with Gasteiger partial charge in [-0.1, -0.05) is 26.5 Å². The quantitative estimate of drug-likeness (QED) is 0.346. The van der Waals surface area contributed by atoms with Crippen LogP contribution in [0.25, 0.3) is 0 Å². The molecule has 0 radical (unpaired) electrons. The highest BCUT2D eigenvalue weighted by Crippen LogP contribution is 2.35. The first kappa shape index (κ1) is 17.6. The molecular weight excluding hydrogens is 249 g/mol. The van der Waals surface area contributed by atoms with Crippen LogP contribution in [-0.4, -0.2) is 46.6 Å². The lowest BCUT2D eigenvalue weighted by Crippen LogP contribution is -2.49. The third kappa shape index (κ3) is 7.83. The molecule has 0 unspecified atom stereocenters. The molecule has 5 heteroatoms. The Morgan fingerprint density at radius 1 is 1.11 bits per heavy atom. The van der Waals surface area contributed by atoms with E-state index in [1.165, 1.54) is 0 Å². The molecule has 0 atom stereocenters. The first-order valence-electron chi connectivity index (χ1n) is 6.50. The monoisotopic (exact) mass is 276 g/mol. The van der Waals surface area contributed by atoms with Gasteiger partial charge in [-0.05, 0) is 18.6 Å².